The predicted molar refractivity (Wildman–Crippen MR) is 69.1 cm³/mol. The Balaban J connectivity index is 3.16. The number of Topliss-reactive ketones (excluding diaryl/α,β-unsaturated/α-hetero) is 1. The molecule has 0 spiro atoms. The van der Waals surface area contributed by atoms with Gasteiger partial charge in [0.15, 0.2) is 5.78 Å². The Morgan fingerprint density at radius 3 is 1.88 bits per heavy atom. The minimum Gasteiger partial charge on any atom is -0.298 e. The average Bonchev–Trinajstić information content (AvgIpc) is 2.29. The van der Waals surface area contributed by atoms with Crippen molar-refractivity contribution in [3.05, 3.63) is 35.9 Å². The molecular formula is C14H17ClO2. The van der Waals surface area contributed by atoms with E-state index in [2.05, 4.69) is 0 Å². The van der Waals surface area contributed by atoms with Crippen LogP contribution in [0.2, 0.25) is 0 Å². The zero-order chi connectivity index (χ0) is 13.3. The van der Waals surface area contributed by atoms with Gasteiger partial charge >= 0.3 is 0 Å². The molecule has 0 atom stereocenters. The third-order valence-electron chi connectivity index (χ3n) is 3.12. The van der Waals surface area contributed by atoms with Crippen LogP contribution in [0.4, 0.5) is 0 Å². The van der Waals surface area contributed by atoms with Crippen LogP contribution in [-0.4, -0.2) is 11.0 Å². The lowest BCUT2D eigenvalue weighted by Crippen LogP contribution is -2.43. The zero-order valence-corrected chi connectivity index (χ0v) is 11.3. The van der Waals surface area contributed by atoms with Crippen molar-refractivity contribution in [3.63, 3.8) is 0 Å². The van der Waals surface area contributed by atoms with Gasteiger partial charge in [-0.3, -0.25) is 9.59 Å². The van der Waals surface area contributed by atoms with Crippen molar-refractivity contribution in [2.75, 3.05) is 0 Å². The lowest BCUT2D eigenvalue weighted by Gasteiger charge is -2.31. The van der Waals surface area contributed by atoms with E-state index >= 15 is 0 Å². The number of hydrogen-bond acceptors (Lipinski definition) is 2. The van der Waals surface area contributed by atoms with Gasteiger partial charge in [0.05, 0.1) is 5.41 Å². The normalized spacial score (nSPS) is 12.3. The van der Waals surface area contributed by atoms with Crippen LogP contribution < -0.4 is 0 Å². The van der Waals surface area contributed by atoms with Gasteiger partial charge in [-0.1, -0.05) is 30.3 Å². The highest BCUT2D eigenvalue weighted by Crippen LogP contribution is 2.34. The van der Waals surface area contributed by atoms with Crippen LogP contribution in [0.3, 0.4) is 0 Å². The molecule has 0 radical (unpaired) electrons. The lowest BCUT2D eigenvalue weighted by molar-refractivity contribution is -0.138. The second-order valence-electron chi connectivity index (χ2n) is 5.22. The maximum Gasteiger partial charge on any atom is 0.234 e. The first-order chi connectivity index (χ1) is 7.70. The third-order valence-corrected chi connectivity index (χ3v) is 3.59. The van der Waals surface area contributed by atoms with E-state index in [0.29, 0.717) is 0 Å². The largest absolute Gasteiger partial charge is 0.298 e. The second kappa shape index (κ2) is 4.61. The van der Waals surface area contributed by atoms with Crippen LogP contribution in [0.5, 0.6) is 0 Å². The molecule has 0 N–H and O–H groups in total. The van der Waals surface area contributed by atoms with Crippen molar-refractivity contribution in [2.45, 2.75) is 33.1 Å². The van der Waals surface area contributed by atoms with Gasteiger partial charge in [-0.15, -0.1) is 0 Å². The van der Waals surface area contributed by atoms with Gasteiger partial charge in [-0.05, 0) is 44.9 Å². The first-order valence-electron chi connectivity index (χ1n) is 5.51. The number of halogens is 1. The topological polar surface area (TPSA) is 34.1 Å². The Hall–Kier alpha value is -1.15. The molecule has 92 valence electrons. The maximum absolute atomic E-state index is 12.4. The van der Waals surface area contributed by atoms with Gasteiger partial charge in [-0.25, -0.2) is 0 Å². The van der Waals surface area contributed by atoms with E-state index in [1.54, 1.807) is 13.8 Å². The van der Waals surface area contributed by atoms with E-state index in [9.17, 15) is 9.59 Å². The molecule has 0 aliphatic carbocycles. The minimum absolute atomic E-state index is 0.170. The summed E-state index contributed by atoms with van der Waals surface area (Å²) in [6.07, 6.45) is 0. The molecule has 0 aliphatic heterocycles. The van der Waals surface area contributed by atoms with Gasteiger partial charge in [0.25, 0.3) is 0 Å². The Bertz CT molecular complexity index is 433. The molecule has 2 nitrogen and oxygen atoms in total. The number of hydrogen-bond donors (Lipinski definition) is 0. The van der Waals surface area contributed by atoms with Gasteiger partial charge < -0.3 is 0 Å². The Morgan fingerprint density at radius 2 is 1.47 bits per heavy atom. The summed E-state index contributed by atoms with van der Waals surface area (Å²) in [5, 5.41) is -0.619. The van der Waals surface area contributed by atoms with E-state index in [4.69, 9.17) is 11.6 Å². The first-order valence-corrected chi connectivity index (χ1v) is 5.89. The van der Waals surface area contributed by atoms with Crippen molar-refractivity contribution < 1.29 is 9.59 Å². The van der Waals surface area contributed by atoms with Crippen molar-refractivity contribution in [3.8, 4) is 0 Å². The smallest absolute Gasteiger partial charge is 0.234 e. The summed E-state index contributed by atoms with van der Waals surface area (Å²) in [5.41, 5.74) is -1.01. The molecule has 0 saturated heterocycles. The van der Waals surface area contributed by atoms with Crippen molar-refractivity contribution in [2.24, 2.45) is 5.41 Å². The lowest BCUT2D eigenvalue weighted by atomic mass is 9.70. The van der Waals surface area contributed by atoms with Gasteiger partial charge in [0, 0.05) is 5.41 Å². The summed E-state index contributed by atoms with van der Waals surface area (Å²) < 4.78 is 0. The molecule has 0 fully saturated rings. The number of benzene rings is 1. The number of ketones is 1. The molecule has 0 amide bonds. The molecule has 1 aromatic carbocycles. The fourth-order valence-corrected chi connectivity index (χ4v) is 1.94. The maximum atomic E-state index is 12.4. The quantitative estimate of drug-likeness (QED) is 0.609. The molecule has 0 heterocycles. The fourth-order valence-electron chi connectivity index (χ4n) is 1.86. The summed E-state index contributed by atoms with van der Waals surface area (Å²) in [7, 11) is 0. The second-order valence-corrected chi connectivity index (χ2v) is 5.56. The highest BCUT2D eigenvalue weighted by molar-refractivity contribution is 6.66. The summed E-state index contributed by atoms with van der Waals surface area (Å²) >= 11 is 5.50. The molecular weight excluding hydrogens is 236 g/mol. The van der Waals surface area contributed by atoms with E-state index in [1.807, 2.05) is 44.2 Å². The summed E-state index contributed by atoms with van der Waals surface area (Å²) in [5.74, 6) is -0.170. The van der Waals surface area contributed by atoms with Crippen LogP contribution >= 0.6 is 11.6 Å². The molecule has 3 heteroatoms. The molecule has 0 bridgehead atoms. The Morgan fingerprint density at radius 1 is 1.00 bits per heavy atom. The van der Waals surface area contributed by atoms with Crippen LogP contribution in [0, 0.1) is 5.41 Å². The van der Waals surface area contributed by atoms with Crippen LogP contribution in [0.1, 0.15) is 33.3 Å². The monoisotopic (exact) mass is 252 g/mol. The third kappa shape index (κ3) is 2.58. The van der Waals surface area contributed by atoms with Crippen LogP contribution in [-0.2, 0) is 15.0 Å². The molecule has 0 aliphatic rings. The Kier molecular flexibility index (Phi) is 3.78. The highest BCUT2D eigenvalue weighted by atomic mass is 35.5. The molecule has 17 heavy (non-hydrogen) atoms. The summed E-state index contributed by atoms with van der Waals surface area (Å²) in [4.78, 5) is 23.8. The Labute approximate surface area is 107 Å². The molecule has 1 rings (SSSR count). The van der Waals surface area contributed by atoms with Crippen molar-refractivity contribution >= 4 is 22.6 Å². The molecule has 1 aromatic rings. The molecule has 0 aromatic heterocycles. The van der Waals surface area contributed by atoms with Crippen molar-refractivity contribution in [1.82, 2.24) is 0 Å². The molecule has 0 saturated carbocycles. The standard InChI is InChI=1S/C14H17ClO2/c1-13(2,10-8-6-5-7-9-10)11(16)14(3,4)12(15)17/h5-9H,1-4H3. The van der Waals surface area contributed by atoms with Crippen LogP contribution in [0.15, 0.2) is 30.3 Å². The zero-order valence-electron chi connectivity index (χ0n) is 10.6. The summed E-state index contributed by atoms with van der Waals surface area (Å²) in [6.45, 7) is 6.75. The number of carbonyl (C=O) groups is 2. The highest BCUT2D eigenvalue weighted by Gasteiger charge is 2.44. The fraction of sp³-hybridized carbons (Fsp3) is 0.429. The minimum atomic E-state index is -1.17. The average molecular weight is 253 g/mol. The number of rotatable bonds is 4. The van der Waals surface area contributed by atoms with E-state index < -0.39 is 16.1 Å². The van der Waals surface area contributed by atoms with E-state index in [-0.39, 0.29) is 5.78 Å². The van der Waals surface area contributed by atoms with Crippen molar-refractivity contribution in [1.29, 1.82) is 0 Å². The van der Waals surface area contributed by atoms with Gasteiger partial charge in [0.1, 0.15) is 0 Å². The van der Waals surface area contributed by atoms with E-state index in [0.717, 1.165) is 5.56 Å². The first kappa shape index (κ1) is 13.9. The van der Waals surface area contributed by atoms with Gasteiger partial charge in [-0.2, -0.15) is 0 Å². The van der Waals surface area contributed by atoms with E-state index in [1.165, 1.54) is 0 Å². The number of carbonyl (C=O) groups excluding carboxylic acids is 2. The van der Waals surface area contributed by atoms with Crippen LogP contribution in [0.25, 0.3) is 0 Å². The van der Waals surface area contributed by atoms with Gasteiger partial charge in [0.2, 0.25) is 5.24 Å². The predicted octanol–water partition coefficient (Wildman–Crippen LogP) is 3.32. The molecule has 0 unspecified atom stereocenters. The SMILES string of the molecule is CC(C)(C(=O)Cl)C(=O)C(C)(C)c1ccccc1. The summed E-state index contributed by atoms with van der Waals surface area (Å²) in [6, 6.07) is 9.40.